The molecule has 0 saturated carbocycles. The number of aliphatic hydroxyl groups is 1. The molecule has 0 radical (unpaired) electrons. The first kappa shape index (κ1) is 93.3. The Hall–Kier alpha value is -4.07. The molecule has 105 heavy (non-hydrogen) atoms. The first-order chi connectivity index (χ1) is 50.5. The molecule has 0 unspecified atom stereocenters. The van der Waals surface area contributed by atoms with Crippen LogP contribution in [-0.2, 0) is 70.9 Å². The van der Waals surface area contributed by atoms with Crippen LogP contribution in [0.4, 0.5) is 9.59 Å². The van der Waals surface area contributed by atoms with Gasteiger partial charge in [-0.3, -0.25) is 23.7 Å². The summed E-state index contributed by atoms with van der Waals surface area (Å²) < 4.78 is 83.7. The van der Waals surface area contributed by atoms with Crippen LogP contribution in [0.3, 0.4) is 0 Å². The van der Waals surface area contributed by atoms with Gasteiger partial charge in [0.05, 0.1) is 13.2 Å². The fraction of sp³-hybridized carbons (Fsp3) is 0.733. The average Bonchev–Trinajstić information content (AvgIpc) is 0.774. The molecule has 2 aliphatic rings. The van der Waals surface area contributed by atoms with Crippen molar-refractivity contribution in [3.05, 3.63) is 73.3 Å². The average molecular weight is 1620 g/mol. The summed E-state index contributed by atoms with van der Waals surface area (Å²) in [6.45, 7) is 5.97. The van der Waals surface area contributed by atoms with E-state index in [4.69, 9.17) is 126 Å². The number of rotatable bonds is 56. The Morgan fingerprint density at radius 1 is 0.495 bits per heavy atom. The lowest BCUT2D eigenvalue weighted by Crippen LogP contribution is -2.68. The molecule has 4 N–H and O–H groups in total. The summed E-state index contributed by atoms with van der Waals surface area (Å²) in [6, 6.07) is 12.1. The van der Waals surface area contributed by atoms with E-state index in [1.165, 1.54) is 107 Å². The maximum Gasteiger partial charge on any atom is 0.588 e. The molecule has 0 spiro atoms. The fourth-order valence-electron chi connectivity index (χ4n) is 11.9. The zero-order chi connectivity index (χ0) is 76.6. The van der Waals surface area contributed by atoms with Gasteiger partial charge in [0.1, 0.15) is 74.4 Å². The van der Waals surface area contributed by atoms with E-state index in [1.807, 2.05) is 0 Å². The van der Waals surface area contributed by atoms with Crippen LogP contribution in [0.1, 0.15) is 239 Å². The maximum absolute atomic E-state index is 15.6. The number of amides is 3. The highest BCUT2D eigenvalue weighted by Gasteiger charge is 2.56. The normalized spacial score (nSPS) is 20.4. The lowest BCUT2D eigenvalue weighted by atomic mass is 9.95. The van der Waals surface area contributed by atoms with Gasteiger partial charge in [-0.25, -0.2) is 14.2 Å². The number of phosphoric acid groups is 1. The van der Waals surface area contributed by atoms with E-state index in [9.17, 15) is 33.9 Å². The number of carbonyl (C=O) groups is 6. The number of aliphatic hydroxyl groups excluding tert-OH is 1. The lowest BCUT2D eigenvalue weighted by molar-refractivity contribution is -0.303. The van der Waals surface area contributed by atoms with Gasteiger partial charge >= 0.3 is 32.0 Å². The minimum Gasteiger partial charge on any atom is -0.457 e. The molecule has 2 saturated heterocycles. The van der Waals surface area contributed by atoms with Crippen molar-refractivity contribution in [2.24, 2.45) is 0 Å². The first-order valence-electron chi connectivity index (χ1n) is 37.9. The smallest absolute Gasteiger partial charge is 0.457 e. The molecule has 0 bridgehead atoms. The second-order valence-corrected chi connectivity index (χ2v) is 33.1. The Morgan fingerprint density at radius 3 is 1.39 bits per heavy atom. The highest BCUT2D eigenvalue weighted by atomic mass is 35.6. The van der Waals surface area contributed by atoms with Gasteiger partial charge in [-0.15, -0.1) is 6.58 Å². The number of hydrogen-bond donors (Lipinski definition) is 4. The summed E-state index contributed by atoms with van der Waals surface area (Å²) in [5.74, 6) is -2.88. The summed E-state index contributed by atoms with van der Waals surface area (Å²) in [6.07, 6.45) is 16.4. The third-order valence-corrected chi connectivity index (χ3v) is 19.5. The first-order valence-corrected chi connectivity index (χ1v) is 41.6. The summed E-state index contributed by atoms with van der Waals surface area (Å²) in [7, 11) is -5.19. The molecule has 30 heteroatoms. The molecule has 2 fully saturated rings. The maximum atomic E-state index is 15.6. The Balaban J connectivity index is 1.79. The second-order valence-electron chi connectivity index (χ2n) is 26.6. The molecular weight excluding hydrogens is 1510 g/mol. The number of alkyl halides is 6. The summed E-state index contributed by atoms with van der Waals surface area (Å²) in [5.41, 5.74) is 0. The van der Waals surface area contributed by atoms with E-state index in [0.717, 1.165) is 103 Å². The number of ether oxygens (including phenoxy) is 9. The van der Waals surface area contributed by atoms with Crippen LogP contribution in [0.2, 0.25) is 0 Å². The largest absolute Gasteiger partial charge is 0.588 e. The summed E-state index contributed by atoms with van der Waals surface area (Å²) >= 11 is 35.9. The third-order valence-electron chi connectivity index (χ3n) is 17.5. The van der Waals surface area contributed by atoms with Crippen molar-refractivity contribution in [3.63, 3.8) is 0 Å². The number of unbranched alkanes of at least 4 members (excludes halogenated alkanes) is 28. The van der Waals surface area contributed by atoms with E-state index in [0.29, 0.717) is 19.3 Å². The molecule has 23 nitrogen and oxygen atoms in total. The second kappa shape index (κ2) is 54.5. The van der Waals surface area contributed by atoms with Crippen LogP contribution in [0.15, 0.2) is 73.3 Å². The summed E-state index contributed by atoms with van der Waals surface area (Å²) in [4.78, 5) is 83.6. The predicted molar refractivity (Wildman–Crippen MR) is 407 cm³/mol. The molecule has 2 aromatic rings. The van der Waals surface area contributed by atoms with E-state index in [1.54, 1.807) is 36.4 Å². The van der Waals surface area contributed by atoms with E-state index < -0.39 is 146 Å². The SMILES string of the molecule is C=CCO[C@H]1O[C@H](CO[C@@H]2O[C@H](COC(=O)OCC(Cl)(Cl)Cl)[C@@H](OP(=O)(Oc3ccccc3)Oc3ccccc3)[C@H](OC(=O)CNC(=O)CCCCCCCCCCC)[C@H]2NC(=O)OCC(Cl)(Cl)Cl)[C@@H](O)[C@H](OC(=O)CCCCCCCCCCCCC)[C@H]1NC(=O)CCCCCCCCCCCCC. The zero-order valence-electron chi connectivity index (χ0n) is 61.5. The van der Waals surface area contributed by atoms with Gasteiger partial charge in [-0.05, 0) is 43.5 Å². The number of nitrogens with one attached hydrogen (secondary N) is 3. The highest BCUT2D eigenvalue weighted by Crippen LogP contribution is 2.53. The minimum absolute atomic E-state index is 0.0228. The quantitative estimate of drug-likeness (QED) is 0.0119. The molecule has 2 aliphatic heterocycles. The molecule has 4 rings (SSSR count). The lowest BCUT2D eigenvalue weighted by Gasteiger charge is -2.47. The third kappa shape index (κ3) is 42.1. The van der Waals surface area contributed by atoms with Crippen LogP contribution in [0.5, 0.6) is 11.5 Å². The Bertz CT molecular complexity index is 2740. The zero-order valence-corrected chi connectivity index (χ0v) is 67.0. The van der Waals surface area contributed by atoms with Gasteiger partial charge in [0.25, 0.3) is 0 Å². The number of halogens is 6. The molecule has 10 atom stereocenters. The Kier molecular flexibility index (Phi) is 48.5. The molecule has 598 valence electrons. The van der Waals surface area contributed by atoms with Crippen molar-refractivity contribution in [2.75, 3.05) is 39.6 Å². The number of esters is 2. The molecule has 0 aromatic heterocycles. The Morgan fingerprint density at radius 2 is 0.914 bits per heavy atom. The van der Waals surface area contributed by atoms with Crippen molar-refractivity contribution in [1.29, 1.82) is 0 Å². The molecule has 0 aliphatic carbocycles. The molecule has 2 aromatic carbocycles. The van der Waals surface area contributed by atoms with Crippen molar-refractivity contribution in [1.82, 2.24) is 16.0 Å². The molecular formula is C75H116Cl6N3O20P. The number of benzene rings is 2. The van der Waals surface area contributed by atoms with Gasteiger partial charge < -0.3 is 72.7 Å². The number of para-hydroxylation sites is 2. The van der Waals surface area contributed by atoms with Crippen LogP contribution < -0.4 is 25.0 Å². The summed E-state index contributed by atoms with van der Waals surface area (Å²) in [5, 5.41) is 20.6. The van der Waals surface area contributed by atoms with Crippen molar-refractivity contribution < 1.29 is 94.6 Å². The number of hydrogen-bond acceptors (Lipinski definition) is 20. The topological polar surface area (TPSA) is 287 Å². The van der Waals surface area contributed by atoms with Gasteiger partial charge in [0.2, 0.25) is 19.4 Å². The van der Waals surface area contributed by atoms with E-state index in [2.05, 4.69) is 43.3 Å². The monoisotopic (exact) mass is 1620 g/mol. The number of alkyl carbamates (subject to hydrolysis) is 1. The van der Waals surface area contributed by atoms with Gasteiger partial charge in [0.15, 0.2) is 24.8 Å². The van der Waals surface area contributed by atoms with Gasteiger partial charge in [-0.1, -0.05) is 313 Å². The molecule has 2 heterocycles. The minimum atomic E-state index is -5.19. The highest BCUT2D eigenvalue weighted by molar-refractivity contribution is 7.49. The van der Waals surface area contributed by atoms with E-state index >= 15 is 4.57 Å². The van der Waals surface area contributed by atoms with Crippen molar-refractivity contribution >= 4 is 113 Å². The fourth-order valence-corrected chi connectivity index (χ4v) is 13.7. The predicted octanol–water partition coefficient (Wildman–Crippen LogP) is 18.4. The van der Waals surface area contributed by atoms with Gasteiger partial charge in [-0.2, -0.15) is 0 Å². The Labute approximate surface area is 652 Å². The van der Waals surface area contributed by atoms with Crippen LogP contribution in [0, 0.1) is 0 Å². The van der Waals surface area contributed by atoms with Crippen LogP contribution in [-0.4, -0.2) is 150 Å². The number of carbonyl (C=O) groups excluding carboxylic acids is 6. The standard InChI is InChI=1S/C75H116Cl6N3O20P/c1-5-9-12-15-18-21-23-26-29-32-41-48-61(86)83-64-68(100-62(87)49-42-33-30-27-24-22-19-16-13-10-6-2)66(89)58(98-70(64)93-50-8-4)52-94-71-65(84-72(90)96-54-74(76,77)78)69(101-63(88)51-82-60(85)47-40-31-28-25-20-17-14-11-7-3)67(59(99-71)53-95-73(91)97-55-75(79,80)81)104-105(92,102-56-43-36-34-37-44-56)103-57-45-38-35-39-46-57/h8,34-39,43-46,58-59,64-71,89H,4-7,9-33,40-42,47-55H2,1-3H3,(H,82,85)(H,83,86)(H,84,90)/t58-,59-,64-,65-,66-,67-,68-,69-,70+,71-/m1/s1. The number of phosphoric ester groups is 1. The van der Waals surface area contributed by atoms with Crippen molar-refractivity contribution in [3.8, 4) is 11.5 Å². The van der Waals surface area contributed by atoms with E-state index in [-0.39, 0.29) is 37.4 Å². The van der Waals surface area contributed by atoms with Crippen molar-refractivity contribution in [2.45, 2.75) is 308 Å². The van der Waals surface area contributed by atoms with Crippen LogP contribution in [0.25, 0.3) is 0 Å². The van der Waals surface area contributed by atoms with Gasteiger partial charge in [0, 0.05) is 19.3 Å². The van der Waals surface area contributed by atoms with Crippen LogP contribution >= 0.6 is 77.4 Å². The molecule has 3 amide bonds.